The van der Waals surface area contributed by atoms with Gasteiger partial charge in [-0.3, -0.25) is 9.59 Å². The van der Waals surface area contributed by atoms with E-state index in [-0.39, 0.29) is 24.3 Å². The van der Waals surface area contributed by atoms with Gasteiger partial charge < -0.3 is 14.3 Å². The van der Waals surface area contributed by atoms with Crippen LogP contribution in [0.25, 0.3) is 0 Å². The van der Waals surface area contributed by atoms with Crippen LogP contribution < -0.4 is 0 Å². The Balaban J connectivity index is 1.27. The van der Waals surface area contributed by atoms with Gasteiger partial charge >= 0.3 is 0 Å². The fraction of sp³-hybridized carbons (Fsp3) is 0.524. The maximum Gasteiger partial charge on any atom is 0.242 e. The van der Waals surface area contributed by atoms with Gasteiger partial charge in [0.1, 0.15) is 0 Å². The molecule has 1 aliphatic heterocycles. The number of amides is 2. The molecule has 1 atom stereocenters. The lowest BCUT2D eigenvalue weighted by Crippen LogP contribution is -2.39. The Morgan fingerprint density at radius 2 is 2.07 bits per heavy atom. The first-order valence-corrected chi connectivity index (χ1v) is 9.96. The highest BCUT2D eigenvalue weighted by Gasteiger charge is 2.32. The summed E-state index contributed by atoms with van der Waals surface area (Å²) in [6, 6.07) is 10.2. The van der Waals surface area contributed by atoms with Gasteiger partial charge in [0, 0.05) is 25.9 Å². The van der Waals surface area contributed by atoms with E-state index in [0.29, 0.717) is 37.1 Å². The van der Waals surface area contributed by atoms with E-state index in [1.807, 2.05) is 18.2 Å². The lowest BCUT2D eigenvalue weighted by molar-refractivity contribution is -0.137. The minimum atomic E-state index is -0.108. The highest BCUT2D eigenvalue weighted by molar-refractivity contribution is 5.86. The number of likely N-dealkylation sites (N-methyl/N-ethyl adjacent to an activating group) is 1. The first-order valence-electron chi connectivity index (χ1n) is 9.96. The zero-order chi connectivity index (χ0) is 19.5. The van der Waals surface area contributed by atoms with Crippen LogP contribution in [0.5, 0.6) is 0 Å². The Labute approximate surface area is 164 Å². The fourth-order valence-corrected chi connectivity index (χ4v) is 3.83. The van der Waals surface area contributed by atoms with E-state index in [1.165, 1.54) is 12.0 Å². The largest absolute Gasteiger partial charge is 0.339 e. The van der Waals surface area contributed by atoms with E-state index in [2.05, 4.69) is 22.3 Å². The van der Waals surface area contributed by atoms with Crippen LogP contribution >= 0.6 is 0 Å². The molecule has 1 unspecified atom stereocenters. The first kappa shape index (κ1) is 18.7. The molecule has 1 saturated carbocycles. The summed E-state index contributed by atoms with van der Waals surface area (Å²) >= 11 is 0. The zero-order valence-corrected chi connectivity index (χ0v) is 16.2. The summed E-state index contributed by atoms with van der Waals surface area (Å²) in [5, 5.41) is 3.99. The van der Waals surface area contributed by atoms with Crippen molar-refractivity contribution in [2.75, 3.05) is 20.1 Å². The summed E-state index contributed by atoms with van der Waals surface area (Å²) < 4.78 is 5.31. The summed E-state index contributed by atoms with van der Waals surface area (Å²) in [5.41, 5.74) is 1.23. The summed E-state index contributed by atoms with van der Waals surface area (Å²) in [6.07, 6.45) is 4.76. The maximum atomic E-state index is 12.6. The van der Waals surface area contributed by atoms with E-state index < -0.39 is 0 Å². The number of hydrogen-bond donors (Lipinski definition) is 0. The van der Waals surface area contributed by atoms with Gasteiger partial charge in [0.25, 0.3) is 0 Å². The number of carbonyl (C=O) groups is 2. The van der Waals surface area contributed by atoms with Crippen LogP contribution in [0.4, 0.5) is 0 Å². The summed E-state index contributed by atoms with van der Waals surface area (Å²) in [4.78, 5) is 32.5. The van der Waals surface area contributed by atoms with Crippen molar-refractivity contribution in [2.45, 2.75) is 44.6 Å². The molecule has 4 rings (SSSR count). The van der Waals surface area contributed by atoms with Crippen LogP contribution in [-0.4, -0.2) is 51.9 Å². The van der Waals surface area contributed by atoms with Crippen molar-refractivity contribution in [1.29, 1.82) is 0 Å². The van der Waals surface area contributed by atoms with Gasteiger partial charge in [0.2, 0.25) is 17.7 Å². The van der Waals surface area contributed by atoms with Gasteiger partial charge in [-0.2, -0.15) is 4.98 Å². The van der Waals surface area contributed by atoms with Crippen LogP contribution in [0.3, 0.4) is 0 Å². The number of carbonyl (C=O) groups excluding carboxylic acids is 2. The molecule has 1 aliphatic carbocycles. The number of nitrogens with zero attached hydrogens (tertiary/aromatic N) is 4. The minimum absolute atomic E-state index is 0.0505. The molecule has 0 radical (unpaired) electrons. The Morgan fingerprint density at radius 3 is 2.79 bits per heavy atom. The van der Waals surface area contributed by atoms with Gasteiger partial charge in [-0.1, -0.05) is 41.9 Å². The number of rotatable bonds is 7. The van der Waals surface area contributed by atoms with Crippen molar-refractivity contribution in [3.63, 3.8) is 0 Å². The first-order chi connectivity index (χ1) is 13.6. The van der Waals surface area contributed by atoms with Crippen LogP contribution in [0, 0.1) is 5.92 Å². The number of hydrogen-bond acceptors (Lipinski definition) is 5. The highest BCUT2D eigenvalue weighted by atomic mass is 16.5. The predicted octanol–water partition coefficient (Wildman–Crippen LogP) is 2.39. The third-order valence-corrected chi connectivity index (χ3v) is 5.73. The second-order valence-corrected chi connectivity index (χ2v) is 7.96. The quantitative estimate of drug-likeness (QED) is 0.735. The average Bonchev–Trinajstić information content (AvgIpc) is 3.21. The van der Waals surface area contributed by atoms with Gasteiger partial charge in [-0.15, -0.1) is 0 Å². The molecule has 2 amide bonds. The fourth-order valence-electron chi connectivity index (χ4n) is 3.83. The summed E-state index contributed by atoms with van der Waals surface area (Å²) in [7, 11) is 1.71. The molecule has 7 heteroatoms. The number of aromatic nitrogens is 2. The second-order valence-electron chi connectivity index (χ2n) is 7.96. The lowest BCUT2D eigenvalue weighted by Gasteiger charge is -2.21. The number of likely N-dealkylation sites (tertiary alicyclic amines) is 1. The number of benzene rings is 1. The summed E-state index contributed by atoms with van der Waals surface area (Å²) in [5.74, 6) is 1.78. The molecule has 7 nitrogen and oxygen atoms in total. The standard InChI is InChI=1S/C21H26N4O3/c1-24(13-18-22-21(28-23-18)17-8-5-9-17)20(27)14-25-12-16(11-19(25)26)10-15-6-3-2-4-7-15/h2-4,6-7,16-17H,5,8-14H2,1H3. The summed E-state index contributed by atoms with van der Waals surface area (Å²) in [6.45, 7) is 1.03. The SMILES string of the molecule is CN(Cc1noc(C2CCC2)n1)C(=O)CN1CC(Cc2ccccc2)CC1=O. The third-order valence-electron chi connectivity index (χ3n) is 5.73. The molecular weight excluding hydrogens is 356 g/mol. The average molecular weight is 382 g/mol. The molecule has 2 fully saturated rings. The molecule has 0 bridgehead atoms. The van der Waals surface area contributed by atoms with Crippen LogP contribution in [-0.2, 0) is 22.6 Å². The third kappa shape index (κ3) is 4.24. The normalized spacial score (nSPS) is 19.7. The van der Waals surface area contributed by atoms with Crippen molar-refractivity contribution in [1.82, 2.24) is 19.9 Å². The van der Waals surface area contributed by atoms with Crippen molar-refractivity contribution in [3.8, 4) is 0 Å². The molecule has 0 N–H and O–H groups in total. The molecule has 2 heterocycles. The molecule has 1 aromatic heterocycles. The highest BCUT2D eigenvalue weighted by Crippen LogP contribution is 2.35. The molecule has 1 aromatic carbocycles. The van der Waals surface area contributed by atoms with E-state index in [9.17, 15) is 9.59 Å². The smallest absolute Gasteiger partial charge is 0.242 e. The van der Waals surface area contributed by atoms with Gasteiger partial charge in [0.15, 0.2) is 5.82 Å². The molecular formula is C21H26N4O3. The molecule has 28 heavy (non-hydrogen) atoms. The Hall–Kier alpha value is -2.70. The van der Waals surface area contributed by atoms with Gasteiger partial charge in [-0.25, -0.2) is 0 Å². The lowest BCUT2D eigenvalue weighted by atomic mass is 9.85. The van der Waals surface area contributed by atoms with Crippen molar-refractivity contribution in [2.24, 2.45) is 5.92 Å². The van der Waals surface area contributed by atoms with Crippen LogP contribution in [0.1, 0.15) is 48.9 Å². The zero-order valence-electron chi connectivity index (χ0n) is 16.2. The van der Waals surface area contributed by atoms with Gasteiger partial charge in [-0.05, 0) is 30.7 Å². The van der Waals surface area contributed by atoms with Crippen LogP contribution in [0.2, 0.25) is 0 Å². The topological polar surface area (TPSA) is 79.5 Å². The van der Waals surface area contributed by atoms with E-state index >= 15 is 0 Å². The minimum Gasteiger partial charge on any atom is -0.339 e. The molecule has 1 saturated heterocycles. The van der Waals surface area contributed by atoms with Crippen molar-refractivity contribution < 1.29 is 14.1 Å². The Kier molecular flexibility index (Phi) is 5.41. The maximum absolute atomic E-state index is 12.6. The van der Waals surface area contributed by atoms with E-state index in [0.717, 1.165) is 19.3 Å². The molecule has 148 valence electrons. The van der Waals surface area contributed by atoms with Gasteiger partial charge in [0.05, 0.1) is 13.1 Å². The molecule has 2 aliphatic rings. The second kappa shape index (κ2) is 8.12. The Morgan fingerprint density at radius 1 is 1.29 bits per heavy atom. The van der Waals surface area contributed by atoms with E-state index in [4.69, 9.17) is 4.52 Å². The predicted molar refractivity (Wildman–Crippen MR) is 102 cm³/mol. The van der Waals surface area contributed by atoms with Crippen molar-refractivity contribution >= 4 is 11.8 Å². The Bertz CT molecular complexity index is 831. The van der Waals surface area contributed by atoms with Crippen molar-refractivity contribution in [3.05, 3.63) is 47.6 Å². The van der Waals surface area contributed by atoms with Crippen LogP contribution in [0.15, 0.2) is 34.9 Å². The monoisotopic (exact) mass is 382 g/mol. The molecule has 0 spiro atoms. The molecule has 2 aromatic rings. The van der Waals surface area contributed by atoms with E-state index in [1.54, 1.807) is 16.8 Å².